The van der Waals surface area contributed by atoms with Gasteiger partial charge in [0.15, 0.2) is 0 Å². The largest absolute Gasteiger partial charge is 0.383 e. The van der Waals surface area contributed by atoms with Crippen LogP contribution in [-0.4, -0.2) is 22.0 Å². The van der Waals surface area contributed by atoms with Crippen molar-refractivity contribution in [1.29, 1.82) is 10.5 Å². The lowest BCUT2D eigenvalue weighted by molar-refractivity contribution is -0.121. The van der Waals surface area contributed by atoms with Crippen LogP contribution in [0.2, 0.25) is 0 Å². The van der Waals surface area contributed by atoms with Crippen LogP contribution in [0.1, 0.15) is 53.0 Å². The highest BCUT2D eigenvalue weighted by Gasteiger charge is 2.42. The van der Waals surface area contributed by atoms with Crippen molar-refractivity contribution in [3.63, 3.8) is 0 Å². The van der Waals surface area contributed by atoms with Gasteiger partial charge in [0.2, 0.25) is 11.8 Å². The molecule has 30 heavy (non-hydrogen) atoms. The van der Waals surface area contributed by atoms with Crippen molar-refractivity contribution in [1.82, 2.24) is 4.98 Å². The summed E-state index contributed by atoms with van der Waals surface area (Å²) in [6.45, 7) is 3.89. The molecule has 0 radical (unpaired) electrons. The summed E-state index contributed by atoms with van der Waals surface area (Å²) in [7, 11) is 0. The molecule has 1 saturated carbocycles. The van der Waals surface area contributed by atoms with Gasteiger partial charge >= 0.3 is 0 Å². The van der Waals surface area contributed by atoms with E-state index in [0.717, 1.165) is 35.7 Å². The number of nitriles is 2. The molecule has 2 amide bonds. The van der Waals surface area contributed by atoms with Crippen LogP contribution in [0.4, 0.5) is 11.5 Å². The number of thioether (sulfide) groups is 1. The minimum absolute atomic E-state index is 0.0155. The van der Waals surface area contributed by atoms with Gasteiger partial charge in [-0.1, -0.05) is 17.8 Å². The average molecular weight is 417 g/mol. The van der Waals surface area contributed by atoms with Crippen molar-refractivity contribution >= 4 is 35.1 Å². The smallest absolute Gasteiger partial charge is 0.247 e. The highest BCUT2D eigenvalue weighted by atomic mass is 32.2. The first-order chi connectivity index (χ1) is 14.3. The summed E-state index contributed by atoms with van der Waals surface area (Å²) in [5.74, 6) is -0.450. The number of rotatable bonds is 4. The number of anilines is 2. The lowest BCUT2D eigenvalue weighted by Crippen LogP contribution is -2.31. The second-order valence-corrected chi connectivity index (χ2v) is 8.80. The number of aryl methyl sites for hydroxylation is 2. The summed E-state index contributed by atoms with van der Waals surface area (Å²) in [6.07, 6.45) is 1.79. The maximum absolute atomic E-state index is 13.0. The van der Waals surface area contributed by atoms with Gasteiger partial charge in [-0.2, -0.15) is 10.5 Å². The third-order valence-corrected chi connectivity index (χ3v) is 6.72. The summed E-state index contributed by atoms with van der Waals surface area (Å²) < 4.78 is 0. The zero-order valence-corrected chi connectivity index (χ0v) is 17.4. The molecule has 1 aromatic heterocycles. The summed E-state index contributed by atoms with van der Waals surface area (Å²) in [5.41, 5.74) is 9.75. The highest BCUT2D eigenvalue weighted by Crippen LogP contribution is 2.46. The quantitative estimate of drug-likeness (QED) is 0.757. The molecule has 2 N–H and O–H groups in total. The fourth-order valence-electron chi connectivity index (χ4n) is 3.66. The van der Waals surface area contributed by atoms with Gasteiger partial charge in [0.25, 0.3) is 0 Å². The van der Waals surface area contributed by atoms with Crippen LogP contribution >= 0.6 is 11.8 Å². The lowest BCUT2D eigenvalue weighted by atomic mass is 10.0. The van der Waals surface area contributed by atoms with Gasteiger partial charge in [-0.05, 0) is 61.4 Å². The van der Waals surface area contributed by atoms with Gasteiger partial charge in [0.05, 0.1) is 22.1 Å². The molecule has 0 unspecified atom stereocenters. The normalized spacial score (nSPS) is 18.4. The van der Waals surface area contributed by atoms with E-state index < -0.39 is 5.25 Å². The Hall–Kier alpha value is -3.36. The Morgan fingerprint density at radius 3 is 2.43 bits per heavy atom. The number of hydrogen-bond acceptors (Lipinski definition) is 7. The Morgan fingerprint density at radius 2 is 1.83 bits per heavy atom. The van der Waals surface area contributed by atoms with Gasteiger partial charge < -0.3 is 5.73 Å². The molecule has 1 atom stereocenters. The van der Waals surface area contributed by atoms with E-state index in [0.29, 0.717) is 16.3 Å². The van der Waals surface area contributed by atoms with Crippen LogP contribution in [-0.2, 0) is 9.59 Å². The molecule has 1 aliphatic heterocycles. The van der Waals surface area contributed by atoms with Gasteiger partial charge in [0.1, 0.15) is 23.0 Å². The van der Waals surface area contributed by atoms with Crippen LogP contribution in [0.5, 0.6) is 0 Å². The van der Waals surface area contributed by atoms with Crippen LogP contribution in [0, 0.1) is 36.5 Å². The van der Waals surface area contributed by atoms with E-state index in [4.69, 9.17) is 5.73 Å². The maximum atomic E-state index is 13.0. The average Bonchev–Trinajstić information content (AvgIpc) is 3.50. The molecule has 0 spiro atoms. The number of nitrogen functional groups attached to an aromatic ring is 1. The number of imide groups is 1. The fourth-order valence-corrected chi connectivity index (χ4v) is 4.78. The van der Waals surface area contributed by atoms with E-state index in [-0.39, 0.29) is 41.1 Å². The third-order valence-electron chi connectivity index (χ3n) is 5.55. The zero-order valence-electron chi connectivity index (χ0n) is 16.6. The number of nitrogens with zero attached hydrogens (tertiary/aromatic N) is 4. The molecule has 1 aliphatic carbocycles. The van der Waals surface area contributed by atoms with Crippen LogP contribution in [0.15, 0.2) is 23.2 Å². The molecule has 2 aromatic rings. The number of aromatic nitrogens is 1. The topological polar surface area (TPSA) is 124 Å². The van der Waals surface area contributed by atoms with E-state index in [9.17, 15) is 20.1 Å². The SMILES string of the molecule is Cc1ccc(N2C(=O)C[C@@H](Sc3nc(N)c(C#N)c(C4CC4)c3C#N)C2=O)cc1C. The molecular weight excluding hydrogens is 398 g/mol. The number of pyridine rings is 1. The third kappa shape index (κ3) is 3.30. The van der Waals surface area contributed by atoms with E-state index in [1.165, 1.54) is 4.90 Å². The number of hydrogen-bond donors (Lipinski definition) is 1. The number of amides is 2. The van der Waals surface area contributed by atoms with Crippen LogP contribution < -0.4 is 10.6 Å². The van der Waals surface area contributed by atoms with Crippen molar-refractivity contribution in [2.75, 3.05) is 10.6 Å². The van der Waals surface area contributed by atoms with E-state index in [2.05, 4.69) is 17.1 Å². The molecule has 2 aliphatic rings. The Balaban J connectivity index is 1.68. The standard InChI is InChI=1S/C22H19N5O2S/c1-11-3-6-14(7-12(11)2)27-18(28)8-17(22(27)29)30-21-16(10-24)19(13-4-5-13)15(9-23)20(25)26-21/h3,6-7,13,17H,4-5,8H2,1-2H3,(H2,25,26)/t17-/m1/s1. The molecule has 7 nitrogen and oxygen atoms in total. The van der Waals surface area contributed by atoms with Gasteiger partial charge in [-0.25, -0.2) is 9.88 Å². The molecule has 1 saturated heterocycles. The highest BCUT2D eigenvalue weighted by molar-refractivity contribution is 8.00. The van der Waals surface area contributed by atoms with Crippen molar-refractivity contribution in [3.8, 4) is 12.1 Å². The van der Waals surface area contributed by atoms with E-state index >= 15 is 0 Å². The van der Waals surface area contributed by atoms with E-state index in [1.807, 2.05) is 26.0 Å². The molecule has 2 fully saturated rings. The Kier molecular flexibility index (Phi) is 4.97. The molecule has 0 bridgehead atoms. The summed E-state index contributed by atoms with van der Waals surface area (Å²) in [4.78, 5) is 31.1. The Bertz CT molecular complexity index is 1170. The minimum Gasteiger partial charge on any atom is -0.383 e. The lowest BCUT2D eigenvalue weighted by Gasteiger charge is -2.17. The summed E-state index contributed by atoms with van der Waals surface area (Å²) in [5, 5.41) is 18.8. The second kappa shape index (κ2) is 7.47. The van der Waals surface area contributed by atoms with Gasteiger partial charge in [0, 0.05) is 6.42 Å². The van der Waals surface area contributed by atoms with Crippen molar-refractivity contribution < 1.29 is 9.59 Å². The van der Waals surface area contributed by atoms with Crippen LogP contribution in [0.25, 0.3) is 0 Å². The first-order valence-corrected chi connectivity index (χ1v) is 10.5. The summed E-state index contributed by atoms with van der Waals surface area (Å²) in [6, 6.07) is 9.66. The molecule has 150 valence electrons. The first kappa shape index (κ1) is 19.9. The molecule has 1 aromatic carbocycles. The number of nitrogens with two attached hydrogens (primary N) is 1. The first-order valence-electron chi connectivity index (χ1n) is 9.60. The zero-order chi connectivity index (χ0) is 21.6. The van der Waals surface area contributed by atoms with Crippen molar-refractivity contribution in [2.24, 2.45) is 0 Å². The fraction of sp³-hybridized carbons (Fsp3) is 0.318. The minimum atomic E-state index is -0.696. The number of carbonyl (C=O) groups is 2. The molecule has 4 rings (SSSR count). The molecule has 8 heteroatoms. The Morgan fingerprint density at radius 1 is 1.13 bits per heavy atom. The number of benzene rings is 1. The van der Waals surface area contributed by atoms with Gasteiger partial charge in [-0.15, -0.1) is 0 Å². The predicted molar refractivity (Wildman–Crippen MR) is 113 cm³/mol. The van der Waals surface area contributed by atoms with Crippen LogP contribution in [0.3, 0.4) is 0 Å². The molecular formula is C22H19N5O2S. The van der Waals surface area contributed by atoms with Crippen molar-refractivity contribution in [2.45, 2.75) is 49.3 Å². The predicted octanol–water partition coefficient (Wildman–Crippen LogP) is 3.33. The number of carbonyl (C=O) groups excluding carboxylic acids is 2. The second-order valence-electron chi connectivity index (χ2n) is 7.61. The van der Waals surface area contributed by atoms with Gasteiger partial charge in [-0.3, -0.25) is 9.59 Å². The van der Waals surface area contributed by atoms with E-state index in [1.54, 1.807) is 6.07 Å². The maximum Gasteiger partial charge on any atom is 0.247 e. The Labute approximate surface area is 178 Å². The monoisotopic (exact) mass is 417 g/mol. The van der Waals surface area contributed by atoms with Crippen molar-refractivity contribution in [3.05, 3.63) is 46.0 Å². The summed E-state index contributed by atoms with van der Waals surface area (Å²) >= 11 is 1.08. The molecule has 2 heterocycles.